The smallest absolute Gasteiger partial charge is 0.0355 e. The summed E-state index contributed by atoms with van der Waals surface area (Å²) in [5.41, 5.74) is 0. The van der Waals surface area contributed by atoms with Gasteiger partial charge in [-0.1, -0.05) is 103 Å². The fraction of sp³-hybridized carbons (Fsp3) is 0.947. The number of hydrogen-bond donors (Lipinski definition) is 0. The summed E-state index contributed by atoms with van der Waals surface area (Å²) >= 11 is 0. The molecule has 1 rings (SSSR count). The first-order valence-corrected chi connectivity index (χ1v) is 9.27. The summed E-state index contributed by atoms with van der Waals surface area (Å²) in [4.78, 5) is 0. The van der Waals surface area contributed by atoms with Crippen molar-refractivity contribution in [3.8, 4) is 0 Å². The van der Waals surface area contributed by atoms with Gasteiger partial charge in [0, 0.05) is 0 Å². The SMILES string of the molecule is CCCCCCCCCCCCC[CH]C1CCCC1. The van der Waals surface area contributed by atoms with Crippen molar-refractivity contribution < 1.29 is 0 Å². The number of hydrogen-bond acceptors (Lipinski definition) is 0. The standard InChI is InChI=1S/C19H37/c1-2-3-4-5-6-7-8-9-10-11-12-13-16-19-17-14-15-18-19/h16,19H,2-15,17-18H2,1H3. The Labute approximate surface area is 122 Å². The third-order valence-corrected chi connectivity index (χ3v) is 4.71. The normalized spacial score (nSPS) is 16.3. The molecule has 0 aromatic rings. The molecule has 0 saturated heterocycles. The number of unbranched alkanes of at least 4 members (excludes halogenated alkanes) is 11. The molecule has 0 nitrogen and oxygen atoms in total. The summed E-state index contributed by atoms with van der Waals surface area (Å²) in [7, 11) is 0. The molecule has 0 unspecified atom stereocenters. The average molecular weight is 266 g/mol. The first-order chi connectivity index (χ1) is 9.43. The topological polar surface area (TPSA) is 0 Å². The predicted octanol–water partition coefficient (Wildman–Crippen LogP) is 7.08. The van der Waals surface area contributed by atoms with Crippen LogP contribution in [-0.4, -0.2) is 0 Å². The minimum atomic E-state index is 0.989. The summed E-state index contributed by atoms with van der Waals surface area (Å²) in [5, 5.41) is 0. The lowest BCUT2D eigenvalue weighted by molar-refractivity contribution is 0.536. The molecule has 1 aliphatic rings. The molecule has 0 heterocycles. The van der Waals surface area contributed by atoms with Gasteiger partial charge in [0.2, 0.25) is 0 Å². The van der Waals surface area contributed by atoms with E-state index < -0.39 is 0 Å². The molecule has 1 saturated carbocycles. The van der Waals surface area contributed by atoms with Gasteiger partial charge in [0.1, 0.15) is 0 Å². The second-order valence-corrected chi connectivity index (χ2v) is 6.60. The van der Waals surface area contributed by atoms with E-state index in [0.717, 1.165) is 5.92 Å². The third kappa shape index (κ3) is 10.4. The summed E-state index contributed by atoms with van der Waals surface area (Å²) in [6, 6.07) is 0. The van der Waals surface area contributed by atoms with Crippen LogP contribution in [0.1, 0.15) is 110 Å². The maximum atomic E-state index is 2.63. The molecule has 1 fully saturated rings. The minimum absolute atomic E-state index is 0.989. The van der Waals surface area contributed by atoms with E-state index in [2.05, 4.69) is 13.3 Å². The van der Waals surface area contributed by atoms with Crippen molar-refractivity contribution in [3.63, 3.8) is 0 Å². The van der Waals surface area contributed by atoms with E-state index in [0.29, 0.717) is 0 Å². The molecule has 1 aliphatic carbocycles. The Kier molecular flexibility index (Phi) is 11.7. The van der Waals surface area contributed by atoms with E-state index in [9.17, 15) is 0 Å². The average Bonchev–Trinajstić information content (AvgIpc) is 2.93. The van der Waals surface area contributed by atoms with Gasteiger partial charge in [0.15, 0.2) is 0 Å². The van der Waals surface area contributed by atoms with Crippen LogP contribution in [0.5, 0.6) is 0 Å². The van der Waals surface area contributed by atoms with Crippen LogP contribution in [0.4, 0.5) is 0 Å². The van der Waals surface area contributed by atoms with E-state index in [1.54, 1.807) is 0 Å². The van der Waals surface area contributed by atoms with Gasteiger partial charge in [-0.3, -0.25) is 0 Å². The highest BCUT2D eigenvalue weighted by molar-refractivity contribution is 4.80. The van der Waals surface area contributed by atoms with Gasteiger partial charge < -0.3 is 0 Å². The quantitative estimate of drug-likeness (QED) is 0.312. The van der Waals surface area contributed by atoms with Gasteiger partial charge in [0.05, 0.1) is 0 Å². The minimum Gasteiger partial charge on any atom is -0.0654 e. The largest absolute Gasteiger partial charge is 0.0654 e. The Morgan fingerprint density at radius 2 is 1.16 bits per heavy atom. The molecule has 0 N–H and O–H groups in total. The number of rotatable bonds is 13. The van der Waals surface area contributed by atoms with E-state index in [1.807, 2.05) is 0 Å². The van der Waals surface area contributed by atoms with Gasteiger partial charge in [-0.05, 0) is 18.8 Å². The van der Waals surface area contributed by atoms with Crippen molar-refractivity contribution in [3.05, 3.63) is 6.42 Å². The van der Waals surface area contributed by atoms with Crippen LogP contribution in [-0.2, 0) is 0 Å². The lowest BCUT2D eigenvalue weighted by Gasteiger charge is -2.07. The first-order valence-electron chi connectivity index (χ1n) is 9.27. The zero-order chi connectivity index (χ0) is 13.6. The lowest BCUT2D eigenvalue weighted by atomic mass is 9.99. The zero-order valence-electron chi connectivity index (χ0n) is 13.5. The molecular formula is C19H37. The van der Waals surface area contributed by atoms with E-state index in [4.69, 9.17) is 0 Å². The first kappa shape index (κ1) is 17.1. The van der Waals surface area contributed by atoms with Crippen LogP contribution >= 0.6 is 0 Å². The van der Waals surface area contributed by atoms with Crippen LogP contribution < -0.4 is 0 Å². The molecular weight excluding hydrogens is 228 g/mol. The zero-order valence-corrected chi connectivity index (χ0v) is 13.5. The highest BCUT2D eigenvalue weighted by Gasteiger charge is 2.13. The Balaban J connectivity index is 1.67. The van der Waals surface area contributed by atoms with Crippen molar-refractivity contribution in [2.75, 3.05) is 0 Å². The van der Waals surface area contributed by atoms with E-state index in [1.165, 1.54) is 103 Å². The summed E-state index contributed by atoms with van der Waals surface area (Å²) < 4.78 is 0. The van der Waals surface area contributed by atoms with Crippen LogP contribution in [0, 0.1) is 12.3 Å². The molecule has 0 aromatic carbocycles. The molecule has 0 aliphatic heterocycles. The van der Waals surface area contributed by atoms with Gasteiger partial charge in [-0.25, -0.2) is 0 Å². The maximum absolute atomic E-state index is 2.63. The second-order valence-electron chi connectivity index (χ2n) is 6.60. The maximum Gasteiger partial charge on any atom is -0.0355 e. The summed E-state index contributed by atoms with van der Waals surface area (Å²) in [6.07, 6.45) is 26.0. The van der Waals surface area contributed by atoms with E-state index >= 15 is 0 Å². The van der Waals surface area contributed by atoms with Crippen LogP contribution in [0.3, 0.4) is 0 Å². The highest BCUT2D eigenvalue weighted by Crippen LogP contribution is 2.28. The monoisotopic (exact) mass is 265 g/mol. The van der Waals surface area contributed by atoms with E-state index in [-0.39, 0.29) is 0 Å². The molecule has 0 aromatic heterocycles. The van der Waals surface area contributed by atoms with Crippen molar-refractivity contribution >= 4 is 0 Å². The Bertz CT molecular complexity index is 167. The third-order valence-electron chi connectivity index (χ3n) is 4.71. The molecule has 0 heteroatoms. The van der Waals surface area contributed by atoms with Crippen molar-refractivity contribution in [1.82, 2.24) is 0 Å². The molecule has 0 amide bonds. The lowest BCUT2D eigenvalue weighted by Crippen LogP contribution is -1.93. The molecule has 0 atom stereocenters. The Hall–Kier alpha value is 0. The van der Waals surface area contributed by atoms with Crippen LogP contribution in [0.2, 0.25) is 0 Å². The van der Waals surface area contributed by atoms with Gasteiger partial charge in [-0.15, -0.1) is 0 Å². The fourth-order valence-electron chi connectivity index (χ4n) is 3.36. The van der Waals surface area contributed by atoms with Crippen molar-refractivity contribution in [2.45, 2.75) is 110 Å². The van der Waals surface area contributed by atoms with Gasteiger partial charge in [-0.2, -0.15) is 0 Å². The highest BCUT2D eigenvalue weighted by atomic mass is 14.2. The second kappa shape index (κ2) is 13.0. The summed E-state index contributed by atoms with van der Waals surface area (Å²) in [6.45, 7) is 2.30. The fourth-order valence-corrected chi connectivity index (χ4v) is 3.36. The van der Waals surface area contributed by atoms with Gasteiger partial charge in [0.25, 0.3) is 0 Å². The van der Waals surface area contributed by atoms with Gasteiger partial charge >= 0.3 is 0 Å². The summed E-state index contributed by atoms with van der Waals surface area (Å²) in [5.74, 6) is 0.989. The van der Waals surface area contributed by atoms with Crippen LogP contribution in [0.25, 0.3) is 0 Å². The van der Waals surface area contributed by atoms with Crippen LogP contribution in [0.15, 0.2) is 0 Å². The Morgan fingerprint density at radius 1 is 0.684 bits per heavy atom. The molecule has 0 bridgehead atoms. The van der Waals surface area contributed by atoms with Crippen molar-refractivity contribution in [1.29, 1.82) is 0 Å². The Morgan fingerprint density at radius 3 is 1.68 bits per heavy atom. The molecule has 113 valence electrons. The molecule has 0 spiro atoms. The molecule has 19 heavy (non-hydrogen) atoms. The molecule has 1 radical (unpaired) electrons. The van der Waals surface area contributed by atoms with Crippen molar-refractivity contribution in [2.24, 2.45) is 5.92 Å². The predicted molar refractivity (Wildman–Crippen MR) is 87.3 cm³/mol.